The average molecular weight is 297 g/mol. The topological polar surface area (TPSA) is 58.4 Å². The van der Waals surface area contributed by atoms with Crippen molar-refractivity contribution in [3.8, 4) is 0 Å². The van der Waals surface area contributed by atoms with Crippen molar-refractivity contribution in [1.82, 2.24) is 10.2 Å². The van der Waals surface area contributed by atoms with E-state index >= 15 is 0 Å². The molecule has 1 aliphatic rings. The number of nitrogens with zero attached hydrogens (tertiary/aromatic N) is 2. The van der Waals surface area contributed by atoms with E-state index in [4.69, 9.17) is 0 Å². The Kier molecular flexibility index (Phi) is 5.94. The minimum atomic E-state index is -0.326. The summed E-state index contributed by atoms with van der Waals surface area (Å²) in [5.74, 6) is 0.614. The summed E-state index contributed by atoms with van der Waals surface area (Å²) in [6, 6.07) is 3.42. The summed E-state index contributed by atoms with van der Waals surface area (Å²) >= 11 is 1.26. The van der Waals surface area contributed by atoms with Gasteiger partial charge in [-0.1, -0.05) is 24.7 Å². The highest BCUT2D eigenvalue weighted by atomic mass is 32.1. The van der Waals surface area contributed by atoms with Gasteiger partial charge < -0.3 is 10.2 Å². The van der Waals surface area contributed by atoms with E-state index in [-0.39, 0.29) is 9.92 Å². The molecule has 2 rings (SSSR count). The molecule has 0 saturated carbocycles. The Labute approximate surface area is 124 Å². The summed E-state index contributed by atoms with van der Waals surface area (Å²) in [6.45, 7) is 7.57. The fourth-order valence-corrected chi connectivity index (χ4v) is 3.44. The second-order valence-electron chi connectivity index (χ2n) is 5.59. The van der Waals surface area contributed by atoms with Crippen molar-refractivity contribution in [1.29, 1.82) is 0 Å². The van der Waals surface area contributed by atoms with Gasteiger partial charge in [-0.15, -0.1) is 0 Å². The SMILES string of the molecule is CC(CNCc1ccc([N+](=O)[O-])s1)CN1CCCCC1. The number of nitrogens with one attached hydrogen (secondary N) is 1. The third-order valence-corrected chi connectivity index (χ3v) is 4.67. The lowest BCUT2D eigenvalue weighted by Crippen LogP contribution is -2.36. The fraction of sp³-hybridized carbons (Fsp3) is 0.714. The molecule has 0 radical (unpaired) electrons. The van der Waals surface area contributed by atoms with Gasteiger partial charge in [0.2, 0.25) is 0 Å². The van der Waals surface area contributed by atoms with Crippen LogP contribution in [0, 0.1) is 16.0 Å². The van der Waals surface area contributed by atoms with Crippen LogP contribution in [0.1, 0.15) is 31.1 Å². The van der Waals surface area contributed by atoms with Crippen molar-refractivity contribution in [3.05, 3.63) is 27.1 Å². The molecule has 1 atom stereocenters. The first kappa shape index (κ1) is 15.4. The van der Waals surface area contributed by atoms with Crippen molar-refractivity contribution in [3.63, 3.8) is 0 Å². The third-order valence-electron chi connectivity index (χ3n) is 3.64. The van der Waals surface area contributed by atoms with Gasteiger partial charge in [0.15, 0.2) is 0 Å². The Morgan fingerprint density at radius 1 is 1.40 bits per heavy atom. The number of thiophene rings is 1. The number of piperidine rings is 1. The fourth-order valence-electron chi connectivity index (χ4n) is 2.65. The summed E-state index contributed by atoms with van der Waals surface area (Å²) < 4.78 is 0. The molecule has 112 valence electrons. The first-order valence-electron chi connectivity index (χ1n) is 7.31. The van der Waals surface area contributed by atoms with E-state index in [9.17, 15) is 10.1 Å². The normalized spacial score (nSPS) is 18.1. The van der Waals surface area contributed by atoms with Gasteiger partial charge in [-0.2, -0.15) is 0 Å². The lowest BCUT2D eigenvalue weighted by atomic mass is 10.1. The zero-order valence-electron chi connectivity index (χ0n) is 12.0. The monoisotopic (exact) mass is 297 g/mol. The Bertz CT molecular complexity index is 430. The molecule has 5 nitrogen and oxygen atoms in total. The highest BCUT2D eigenvalue weighted by Gasteiger charge is 2.13. The first-order valence-corrected chi connectivity index (χ1v) is 8.13. The molecule has 1 aliphatic heterocycles. The Morgan fingerprint density at radius 2 is 2.15 bits per heavy atom. The highest BCUT2D eigenvalue weighted by molar-refractivity contribution is 7.15. The van der Waals surface area contributed by atoms with E-state index in [1.54, 1.807) is 6.07 Å². The predicted octanol–water partition coefficient (Wildman–Crippen LogP) is 2.87. The molecular formula is C14H23N3O2S. The van der Waals surface area contributed by atoms with Gasteiger partial charge in [-0.05, 0) is 44.5 Å². The van der Waals surface area contributed by atoms with Crippen LogP contribution in [0.4, 0.5) is 5.00 Å². The maximum Gasteiger partial charge on any atom is 0.324 e. The summed E-state index contributed by atoms with van der Waals surface area (Å²) in [4.78, 5) is 13.9. The molecule has 1 aromatic heterocycles. The van der Waals surface area contributed by atoms with Gasteiger partial charge >= 0.3 is 5.00 Å². The summed E-state index contributed by atoms with van der Waals surface area (Å²) in [6.07, 6.45) is 4.04. The quantitative estimate of drug-likeness (QED) is 0.621. The van der Waals surface area contributed by atoms with Crippen molar-refractivity contribution in [2.24, 2.45) is 5.92 Å². The van der Waals surface area contributed by atoms with Crippen LogP contribution in [0.15, 0.2) is 12.1 Å². The maximum absolute atomic E-state index is 10.6. The van der Waals surface area contributed by atoms with E-state index < -0.39 is 0 Å². The largest absolute Gasteiger partial charge is 0.324 e. The van der Waals surface area contributed by atoms with Crippen LogP contribution in [-0.2, 0) is 6.54 Å². The number of likely N-dealkylation sites (tertiary alicyclic amines) is 1. The molecule has 2 heterocycles. The molecular weight excluding hydrogens is 274 g/mol. The Morgan fingerprint density at radius 3 is 2.80 bits per heavy atom. The molecule has 0 spiro atoms. The average Bonchev–Trinajstić information content (AvgIpc) is 2.89. The second kappa shape index (κ2) is 7.71. The maximum atomic E-state index is 10.6. The minimum Gasteiger partial charge on any atom is -0.312 e. The van der Waals surface area contributed by atoms with Crippen LogP contribution in [0.25, 0.3) is 0 Å². The van der Waals surface area contributed by atoms with Gasteiger partial charge in [0.1, 0.15) is 0 Å². The number of hydrogen-bond donors (Lipinski definition) is 1. The zero-order valence-corrected chi connectivity index (χ0v) is 12.8. The molecule has 1 saturated heterocycles. The second-order valence-corrected chi connectivity index (χ2v) is 6.74. The first-order chi connectivity index (χ1) is 9.65. The van der Waals surface area contributed by atoms with E-state index in [0.29, 0.717) is 5.92 Å². The standard InChI is InChI=1S/C14H23N3O2S/c1-12(11-16-7-3-2-4-8-16)9-15-10-13-5-6-14(20-13)17(18)19/h5-6,12,15H,2-4,7-11H2,1H3. The van der Waals surface area contributed by atoms with Crippen LogP contribution < -0.4 is 5.32 Å². The van der Waals surface area contributed by atoms with Crippen LogP contribution in [0.2, 0.25) is 0 Å². The lowest BCUT2D eigenvalue weighted by molar-refractivity contribution is -0.380. The zero-order chi connectivity index (χ0) is 14.4. The molecule has 0 amide bonds. The highest BCUT2D eigenvalue weighted by Crippen LogP contribution is 2.23. The molecule has 0 aromatic carbocycles. The van der Waals surface area contributed by atoms with Gasteiger partial charge in [0.05, 0.1) is 4.92 Å². The van der Waals surface area contributed by atoms with Gasteiger partial charge in [0, 0.05) is 24.0 Å². The van der Waals surface area contributed by atoms with Crippen LogP contribution >= 0.6 is 11.3 Å². The van der Waals surface area contributed by atoms with Crippen molar-refractivity contribution in [2.75, 3.05) is 26.2 Å². The number of rotatable bonds is 7. The molecule has 1 aromatic rings. The summed E-state index contributed by atoms with van der Waals surface area (Å²) in [5.41, 5.74) is 0. The summed E-state index contributed by atoms with van der Waals surface area (Å²) in [5, 5.41) is 14.2. The molecule has 6 heteroatoms. The Balaban J connectivity index is 1.65. The van der Waals surface area contributed by atoms with Crippen LogP contribution in [0.5, 0.6) is 0 Å². The predicted molar refractivity (Wildman–Crippen MR) is 82.1 cm³/mol. The Hall–Kier alpha value is -0.980. The molecule has 1 N–H and O–H groups in total. The van der Waals surface area contributed by atoms with E-state index in [1.807, 2.05) is 6.07 Å². The van der Waals surface area contributed by atoms with Crippen molar-refractivity contribution < 1.29 is 4.92 Å². The lowest BCUT2D eigenvalue weighted by Gasteiger charge is -2.29. The van der Waals surface area contributed by atoms with E-state index in [1.165, 1.54) is 43.7 Å². The van der Waals surface area contributed by atoms with E-state index in [0.717, 1.165) is 24.5 Å². The van der Waals surface area contributed by atoms with Crippen LogP contribution in [0.3, 0.4) is 0 Å². The van der Waals surface area contributed by atoms with Crippen molar-refractivity contribution >= 4 is 16.3 Å². The van der Waals surface area contributed by atoms with Gasteiger partial charge in [-0.25, -0.2) is 0 Å². The molecule has 1 fully saturated rings. The van der Waals surface area contributed by atoms with E-state index in [2.05, 4.69) is 17.1 Å². The number of hydrogen-bond acceptors (Lipinski definition) is 5. The summed E-state index contributed by atoms with van der Waals surface area (Å²) in [7, 11) is 0. The smallest absolute Gasteiger partial charge is 0.312 e. The number of nitro groups is 1. The minimum absolute atomic E-state index is 0.225. The van der Waals surface area contributed by atoms with Crippen molar-refractivity contribution in [2.45, 2.75) is 32.7 Å². The molecule has 0 aliphatic carbocycles. The molecule has 0 bridgehead atoms. The van der Waals surface area contributed by atoms with Gasteiger partial charge in [0.25, 0.3) is 0 Å². The van der Waals surface area contributed by atoms with Crippen LogP contribution in [-0.4, -0.2) is 36.0 Å². The third kappa shape index (κ3) is 4.85. The van der Waals surface area contributed by atoms with Gasteiger partial charge in [-0.3, -0.25) is 10.1 Å². The molecule has 1 unspecified atom stereocenters. The molecule has 20 heavy (non-hydrogen) atoms.